The SMILES string of the molecule is CCCCCCc1ccc(C(=O)C(Br)CC)cc1. The molecular weight excluding hydrogens is 288 g/mol. The monoisotopic (exact) mass is 310 g/mol. The Labute approximate surface area is 119 Å². The highest BCUT2D eigenvalue weighted by molar-refractivity contribution is 9.10. The van der Waals surface area contributed by atoms with E-state index in [1.807, 2.05) is 19.1 Å². The van der Waals surface area contributed by atoms with Crippen molar-refractivity contribution in [2.75, 3.05) is 0 Å². The molecule has 0 bridgehead atoms. The first-order valence-corrected chi connectivity index (χ1v) is 7.87. The summed E-state index contributed by atoms with van der Waals surface area (Å²) in [5.74, 6) is 0.190. The molecule has 0 spiro atoms. The lowest BCUT2D eigenvalue weighted by Gasteiger charge is -2.07. The third kappa shape index (κ3) is 4.93. The van der Waals surface area contributed by atoms with E-state index < -0.39 is 0 Å². The first-order chi connectivity index (χ1) is 8.69. The van der Waals surface area contributed by atoms with Crippen LogP contribution in [0.3, 0.4) is 0 Å². The second-order valence-corrected chi connectivity index (χ2v) is 5.85. The molecule has 0 aromatic heterocycles. The summed E-state index contributed by atoms with van der Waals surface area (Å²) in [5.41, 5.74) is 2.15. The Morgan fingerprint density at radius 3 is 2.33 bits per heavy atom. The molecule has 18 heavy (non-hydrogen) atoms. The zero-order chi connectivity index (χ0) is 13.4. The molecule has 2 heteroatoms. The Morgan fingerprint density at radius 2 is 1.78 bits per heavy atom. The first-order valence-electron chi connectivity index (χ1n) is 6.96. The maximum atomic E-state index is 11.9. The lowest BCUT2D eigenvalue weighted by atomic mass is 10.0. The van der Waals surface area contributed by atoms with Crippen LogP contribution in [-0.4, -0.2) is 10.6 Å². The van der Waals surface area contributed by atoms with Crippen molar-refractivity contribution >= 4 is 21.7 Å². The minimum absolute atomic E-state index is 0.0482. The van der Waals surface area contributed by atoms with Gasteiger partial charge in [0.25, 0.3) is 0 Å². The van der Waals surface area contributed by atoms with Gasteiger partial charge in [-0.05, 0) is 24.8 Å². The number of Topliss-reactive ketones (excluding diaryl/α,β-unsaturated/α-hetero) is 1. The van der Waals surface area contributed by atoms with Crippen molar-refractivity contribution in [3.63, 3.8) is 0 Å². The van der Waals surface area contributed by atoms with Crippen LogP contribution in [0.1, 0.15) is 61.9 Å². The second kappa shape index (κ2) is 8.47. The van der Waals surface area contributed by atoms with Crippen LogP contribution in [0.4, 0.5) is 0 Å². The van der Waals surface area contributed by atoms with E-state index in [1.165, 1.54) is 31.2 Å². The number of alkyl halides is 1. The van der Waals surface area contributed by atoms with Gasteiger partial charge in [0, 0.05) is 5.56 Å². The predicted molar refractivity (Wildman–Crippen MR) is 81.6 cm³/mol. The summed E-state index contributed by atoms with van der Waals surface area (Å²) in [5, 5.41) is 0. The number of aryl methyl sites for hydroxylation is 1. The zero-order valence-corrected chi connectivity index (χ0v) is 13.0. The van der Waals surface area contributed by atoms with Crippen LogP contribution in [0, 0.1) is 0 Å². The van der Waals surface area contributed by atoms with Crippen LogP contribution < -0.4 is 0 Å². The number of rotatable bonds is 8. The summed E-state index contributed by atoms with van der Waals surface area (Å²) in [6, 6.07) is 8.10. The number of carbonyl (C=O) groups is 1. The van der Waals surface area contributed by atoms with Crippen molar-refractivity contribution in [2.45, 2.75) is 57.2 Å². The average Bonchev–Trinajstić information content (AvgIpc) is 2.42. The summed E-state index contributed by atoms with van der Waals surface area (Å²) in [4.78, 5) is 11.9. The molecule has 1 unspecified atom stereocenters. The second-order valence-electron chi connectivity index (χ2n) is 4.75. The highest BCUT2D eigenvalue weighted by Gasteiger charge is 2.14. The van der Waals surface area contributed by atoms with Crippen LogP contribution in [0.15, 0.2) is 24.3 Å². The maximum absolute atomic E-state index is 11.9. The van der Waals surface area contributed by atoms with Crippen LogP contribution >= 0.6 is 15.9 Å². The summed E-state index contributed by atoms with van der Waals surface area (Å²) in [6.07, 6.45) is 7.10. The quantitative estimate of drug-likeness (QED) is 0.368. The van der Waals surface area contributed by atoms with Gasteiger partial charge < -0.3 is 0 Å². The van der Waals surface area contributed by atoms with E-state index in [2.05, 4.69) is 35.0 Å². The van der Waals surface area contributed by atoms with Gasteiger partial charge in [0.2, 0.25) is 0 Å². The van der Waals surface area contributed by atoms with Crippen molar-refractivity contribution in [1.82, 2.24) is 0 Å². The van der Waals surface area contributed by atoms with Gasteiger partial charge in [-0.15, -0.1) is 0 Å². The molecule has 1 nitrogen and oxygen atoms in total. The lowest BCUT2D eigenvalue weighted by molar-refractivity contribution is 0.0990. The maximum Gasteiger partial charge on any atom is 0.176 e. The van der Waals surface area contributed by atoms with Crippen molar-refractivity contribution in [2.24, 2.45) is 0 Å². The fraction of sp³-hybridized carbons (Fsp3) is 0.562. The van der Waals surface area contributed by atoms with E-state index in [0.717, 1.165) is 18.4 Å². The molecule has 1 aromatic rings. The molecule has 1 aromatic carbocycles. The molecule has 1 atom stereocenters. The number of hydrogen-bond acceptors (Lipinski definition) is 1. The average molecular weight is 311 g/mol. The molecule has 0 N–H and O–H groups in total. The van der Waals surface area contributed by atoms with Crippen molar-refractivity contribution in [3.8, 4) is 0 Å². The molecule has 0 fully saturated rings. The standard InChI is InChI=1S/C16H23BrO/c1-3-5-6-7-8-13-9-11-14(12-10-13)16(18)15(17)4-2/h9-12,15H,3-8H2,1-2H3. The molecule has 1 rings (SSSR count). The third-order valence-electron chi connectivity index (χ3n) is 3.20. The Bertz CT molecular complexity index is 356. The van der Waals surface area contributed by atoms with Crippen LogP contribution in [0.2, 0.25) is 0 Å². The van der Waals surface area contributed by atoms with Crippen molar-refractivity contribution in [3.05, 3.63) is 35.4 Å². The van der Waals surface area contributed by atoms with E-state index in [-0.39, 0.29) is 10.6 Å². The fourth-order valence-corrected chi connectivity index (χ4v) is 2.22. The molecule has 0 aliphatic rings. The molecule has 0 saturated heterocycles. The number of hydrogen-bond donors (Lipinski definition) is 0. The molecule has 0 heterocycles. The molecule has 0 aliphatic heterocycles. The highest BCUT2D eigenvalue weighted by Crippen LogP contribution is 2.15. The minimum Gasteiger partial charge on any atom is -0.293 e. The van der Waals surface area contributed by atoms with Gasteiger partial charge in [0.05, 0.1) is 4.83 Å². The van der Waals surface area contributed by atoms with Gasteiger partial charge in [-0.3, -0.25) is 4.79 Å². The van der Waals surface area contributed by atoms with Gasteiger partial charge in [0.15, 0.2) is 5.78 Å². The van der Waals surface area contributed by atoms with Crippen LogP contribution in [0.25, 0.3) is 0 Å². The van der Waals surface area contributed by atoms with Crippen LogP contribution in [-0.2, 0) is 6.42 Å². The Balaban J connectivity index is 2.49. The number of halogens is 1. The van der Waals surface area contributed by atoms with E-state index in [0.29, 0.717) is 0 Å². The van der Waals surface area contributed by atoms with Crippen molar-refractivity contribution < 1.29 is 4.79 Å². The number of ketones is 1. The third-order valence-corrected chi connectivity index (χ3v) is 4.26. The summed E-state index contributed by atoms with van der Waals surface area (Å²) in [6.45, 7) is 4.24. The van der Waals surface area contributed by atoms with Gasteiger partial charge in [-0.25, -0.2) is 0 Å². The number of unbranched alkanes of at least 4 members (excludes halogenated alkanes) is 3. The summed E-state index contributed by atoms with van der Waals surface area (Å²) >= 11 is 3.41. The smallest absolute Gasteiger partial charge is 0.176 e. The van der Waals surface area contributed by atoms with Gasteiger partial charge in [0.1, 0.15) is 0 Å². The largest absolute Gasteiger partial charge is 0.293 e. The highest BCUT2D eigenvalue weighted by atomic mass is 79.9. The zero-order valence-electron chi connectivity index (χ0n) is 11.4. The molecule has 0 radical (unpaired) electrons. The van der Waals surface area contributed by atoms with E-state index in [1.54, 1.807) is 0 Å². The van der Waals surface area contributed by atoms with Crippen molar-refractivity contribution in [1.29, 1.82) is 0 Å². The van der Waals surface area contributed by atoms with Gasteiger partial charge >= 0.3 is 0 Å². The predicted octanol–water partition coefficient (Wildman–Crippen LogP) is 5.17. The first kappa shape index (κ1) is 15.4. The molecule has 0 saturated carbocycles. The van der Waals surface area contributed by atoms with Crippen LogP contribution in [0.5, 0.6) is 0 Å². The number of carbonyl (C=O) groups excluding carboxylic acids is 1. The lowest BCUT2D eigenvalue weighted by Crippen LogP contribution is -2.12. The Hall–Kier alpha value is -0.630. The normalized spacial score (nSPS) is 12.4. The topological polar surface area (TPSA) is 17.1 Å². The van der Waals surface area contributed by atoms with E-state index in [4.69, 9.17) is 0 Å². The number of benzene rings is 1. The van der Waals surface area contributed by atoms with Gasteiger partial charge in [-0.2, -0.15) is 0 Å². The Kier molecular flexibility index (Phi) is 7.26. The molecule has 0 amide bonds. The summed E-state index contributed by atoms with van der Waals surface area (Å²) in [7, 11) is 0. The molecular formula is C16H23BrO. The molecule has 100 valence electrons. The fourth-order valence-electron chi connectivity index (χ4n) is 1.96. The Morgan fingerprint density at radius 1 is 1.11 bits per heavy atom. The molecule has 0 aliphatic carbocycles. The van der Waals surface area contributed by atoms with E-state index in [9.17, 15) is 4.79 Å². The summed E-state index contributed by atoms with van der Waals surface area (Å²) < 4.78 is 0. The van der Waals surface area contributed by atoms with E-state index >= 15 is 0 Å². The minimum atomic E-state index is -0.0482. The van der Waals surface area contributed by atoms with Gasteiger partial charge in [-0.1, -0.05) is 73.3 Å².